The largest absolute Gasteiger partial charge is 0.454 e. The van der Waals surface area contributed by atoms with Crippen LogP contribution in [0.5, 0.6) is 11.5 Å². The van der Waals surface area contributed by atoms with Crippen LogP contribution in [0.4, 0.5) is 0 Å². The molecule has 2 N–H and O–H groups in total. The number of pyridine rings is 1. The monoisotopic (exact) mass is 354 g/mol. The molecular formula is C20H26N4O2. The first kappa shape index (κ1) is 18.0. The van der Waals surface area contributed by atoms with Crippen LogP contribution in [0.15, 0.2) is 47.6 Å². The number of benzene rings is 1. The summed E-state index contributed by atoms with van der Waals surface area (Å²) in [5, 5.41) is 6.75. The molecule has 0 aliphatic carbocycles. The van der Waals surface area contributed by atoms with E-state index in [9.17, 15) is 0 Å². The maximum absolute atomic E-state index is 5.49. The number of ether oxygens (including phenoxy) is 2. The van der Waals surface area contributed by atoms with E-state index in [1.54, 1.807) is 7.05 Å². The molecule has 1 aliphatic rings. The zero-order valence-electron chi connectivity index (χ0n) is 15.6. The third-order valence-corrected chi connectivity index (χ3v) is 4.48. The number of hydrogen-bond acceptors (Lipinski definition) is 4. The minimum Gasteiger partial charge on any atom is -0.454 e. The van der Waals surface area contributed by atoms with Crippen molar-refractivity contribution in [2.75, 3.05) is 26.9 Å². The summed E-state index contributed by atoms with van der Waals surface area (Å²) in [6.45, 7) is 6.21. The summed E-state index contributed by atoms with van der Waals surface area (Å²) in [6.07, 6.45) is 2.67. The van der Waals surface area contributed by atoms with Crippen LogP contribution in [0.3, 0.4) is 0 Å². The van der Waals surface area contributed by atoms with E-state index in [0.29, 0.717) is 6.79 Å². The molecule has 0 unspecified atom stereocenters. The number of rotatable bonds is 6. The predicted molar refractivity (Wildman–Crippen MR) is 103 cm³/mol. The van der Waals surface area contributed by atoms with Gasteiger partial charge in [-0.2, -0.15) is 0 Å². The molecule has 2 aromatic rings. The van der Waals surface area contributed by atoms with E-state index in [0.717, 1.165) is 42.7 Å². The minimum absolute atomic E-state index is 0.0837. The molecule has 0 radical (unpaired) electrons. The SMILES string of the molecule is CN=C(NCCc1ccccn1)NCC(C)(C)c1ccc2c(c1)OCO2. The Bertz CT molecular complexity index is 760. The van der Waals surface area contributed by atoms with Gasteiger partial charge in [0, 0.05) is 43.9 Å². The first-order chi connectivity index (χ1) is 12.6. The van der Waals surface area contributed by atoms with Gasteiger partial charge in [0.2, 0.25) is 6.79 Å². The van der Waals surface area contributed by atoms with Gasteiger partial charge in [0.05, 0.1) is 0 Å². The van der Waals surface area contributed by atoms with Crippen molar-refractivity contribution in [3.05, 3.63) is 53.9 Å². The van der Waals surface area contributed by atoms with Gasteiger partial charge in [0.25, 0.3) is 0 Å². The van der Waals surface area contributed by atoms with Gasteiger partial charge in [0.1, 0.15) is 0 Å². The Kier molecular flexibility index (Phi) is 5.61. The van der Waals surface area contributed by atoms with Crippen molar-refractivity contribution < 1.29 is 9.47 Å². The molecule has 1 aromatic carbocycles. The van der Waals surface area contributed by atoms with Gasteiger partial charge < -0.3 is 20.1 Å². The van der Waals surface area contributed by atoms with Crippen LogP contribution in [0.1, 0.15) is 25.1 Å². The first-order valence-electron chi connectivity index (χ1n) is 8.83. The second-order valence-electron chi connectivity index (χ2n) is 6.88. The quantitative estimate of drug-likeness (QED) is 0.616. The van der Waals surface area contributed by atoms with Gasteiger partial charge in [-0.25, -0.2) is 0 Å². The van der Waals surface area contributed by atoms with Gasteiger partial charge in [-0.3, -0.25) is 9.98 Å². The van der Waals surface area contributed by atoms with E-state index in [1.165, 1.54) is 5.56 Å². The first-order valence-corrected chi connectivity index (χ1v) is 8.83. The molecule has 3 rings (SSSR count). The Labute approximate surface area is 154 Å². The van der Waals surface area contributed by atoms with E-state index in [2.05, 4.69) is 46.6 Å². The highest BCUT2D eigenvalue weighted by Crippen LogP contribution is 2.36. The summed E-state index contributed by atoms with van der Waals surface area (Å²) in [6, 6.07) is 12.1. The number of nitrogens with one attached hydrogen (secondary N) is 2. The molecule has 0 bridgehead atoms. The molecule has 0 spiro atoms. The fourth-order valence-electron chi connectivity index (χ4n) is 2.80. The summed E-state index contributed by atoms with van der Waals surface area (Å²) < 4.78 is 10.9. The molecule has 0 atom stereocenters. The summed E-state index contributed by atoms with van der Waals surface area (Å²) in [7, 11) is 1.78. The molecule has 138 valence electrons. The molecule has 0 saturated heterocycles. The highest BCUT2D eigenvalue weighted by molar-refractivity contribution is 5.79. The number of nitrogens with zero attached hydrogens (tertiary/aromatic N) is 2. The summed E-state index contributed by atoms with van der Waals surface area (Å²) >= 11 is 0. The van der Waals surface area contributed by atoms with Crippen LogP contribution in [0.25, 0.3) is 0 Å². The molecule has 1 aliphatic heterocycles. The van der Waals surface area contributed by atoms with Crippen LogP contribution in [-0.4, -0.2) is 37.9 Å². The molecule has 0 saturated carbocycles. The predicted octanol–water partition coefficient (Wildman–Crippen LogP) is 2.50. The average Bonchev–Trinajstić information content (AvgIpc) is 3.13. The minimum atomic E-state index is -0.0837. The molecule has 0 fully saturated rings. The number of hydrogen-bond donors (Lipinski definition) is 2. The van der Waals surface area contributed by atoms with E-state index in [1.807, 2.05) is 30.5 Å². The lowest BCUT2D eigenvalue weighted by atomic mass is 9.84. The third-order valence-electron chi connectivity index (χ3n) is 4.48. The van der Waals surface area contributed by atoms with Crippen LogP contribution < -0.4 is 20.1 Å². The fourth-order valence-corrected chi connectivity index (χ4v) is 2.80. The third kappa shape index (κ3) is 4.45. The zero-order chi connectivity index (χ0) is 18.4. The Hall–Kier alpha value is -2.76. The Morgan fingerprint density at radius 3 is 2.77 bits per heavy atom. The topological polar surface area (TPSA) is 67.8 Å². The summed E-state index contributed by atoms with van der Waals surface area (Å²) in [5.74, 6) is 2.41. The lowest BCUT2D eigenvalue weighted by Gasteiger charge is -2.27. The number of guanidine groups is 1. The van der Waals surface area contributed by atoms with Crippen LogP contribution >= 0.6 is 0 Å². The second kappa shape index (κ2) is 8.08. The molecule has 6 heteroatoms. The molecule has 6 nitrogen and oxygen atoms in total. The van der Waals surface area contributed by atoms with E-state index < -0.39 is 0 Å². The summed E-state index contributed by atoms with van der Waals surface area (Å²) in [4.78, 5) is 8.64. The lowest BCUT2D eigenvalue weighted by molar-refractivity contribution is 0.174. The fraction of sp³-hybridized carbons (Fsp3) is 0.400. The van der Waals surface area contributed by atoms with Crippen molar-refractivity contribution in [1.29, 1.82) is 0 Å². The number of aromatic nitrogens is 1. The Balaban J connectivity index is 1.52. The average molecular weight is 354 g/mol. The highest BCUT2D eigenvalue weighted by atomic mass is 16.7. The van der Waals surface area contributed by atoms with Crippen molar-refractivity contribution in [1.82, 2.24) is 15.6 Å². The van der Waals surface area contributed by atoms with Crippen molar-refractivity contribution in [3.8, 4) is 11.5 Å². The second-order valence-corrected chi connectivity index (χ2v) is 6.88. The van der Waals surface area contributed by atoms with E-state index >= 15 is 0 Å². The van der Waals surface area contributed by atoms with Gasteiger partial charge in [-0.1, -0.05) is 26.0 Å². The smallest absolute Gasteiger partial charge is 0.231 e. The molecular weight excluding hydrogens is 328 g/mol. The maximum atomic E-state index is 5.49. The standard InChI is InChI=1S/C20H26N4O2/c1-20(2,15-7-8-17-18(12-15)26-14-25-17)13-24-19(21-3)23-11-9-16-6-4-5-10-22-16/h4-8,10,12H,9,11,13-14H2,1-3H3,(H2,21,23,24). The van der Waals surface area contributed by atoms with E-state index in [4.69, 9.17) is 9.47 Å². The van der Waals surface area contributed by atoms with Crippen molar-refractivity contribution in [2.45, 2.75) is 25.7 Å². The molecule has 1 aromatic heterocycles. The van der Waals surface area contributed by atoms with E-state index in [-0.39, 0.29) is 5.41 Å². The van der Waals surface area contributed by atoms with Crippen LogP contribution in [0.2, 0.25) is 0 Å². The highest BCUT2D eigenvalue weighted by Gasteiger charge is 2.24. The lowest BCUT2D eigenvalue weighted by Crippen LogP contribution is -2.44. The number of aliphatic imine (C=N–C) groups is 1. The van der Waals surface area contributed by atoms with Crippen LogP contribution in [-0.2, 0) is 11.8 Å². The Morgan fingerprint density at radius 1 is 1.15 bits per heavy atom. The molecule has 26 heavy (non-hydrogen) atoms. The Morgan fingerprint density at radius 2 is 2.00 bits per heavy atom. The van der Waals surface area contributed by atoms with Crippen molar-refractivity contribution in [2.24, 2.45) is 4.99 Å². The van der Waals surface area contributed by atoms with Gasteiger partial charge >= 0.3 is 0 Å². The number of fused-ring (bicyclic) bond motifs is 1. The maximum Gasteiger partial charge on any atom is 0.231 e. The van der Waals surface area contributed by atoms with Gasteiger partial charge in [0.15, 0.2) is 17.5 Å². The van der Waals surface area contributed by atoms with Gasteiger partial charge in [-0.05, 0) is 29.8 Å². The zero-order valence-corrected chi connectivity index (χ0v) is 15.6. The van der Waals surface area contributed by atoms with Crippen molar-refractivity contribution >= 4 is 5.96 Å². The summed E-state index contributed by atoms with van der Waals surface area (Å²) in [5.41, 5.74) is 2.17. The molecule has 0 amide bonds. The normalized spacial score (nSPS) is 13.6. The van der Waals surface area contributed by atoms with Gasteiger partial charge in [-0.15, -0.1) is 0 Å². The molecule has 2 heterocycles. The van der Waals surface area contributed by atoms with Crippen LogP contribution in [0, 0.1) is 0 Å². The van der Waals surface area contributed by atoms with Crippen molar-refractivity contribution in [3.63, 3.8) is 0 Å².